The summed E-state index contributed by atoms with van der Waals surface area (Å²) >= 11 is 0. The number of ether oxygens (including phenoxy) is 2. The van der Waals surface area contributed by atoms with Crippen LogP contribution < -0.4 is 14.8 Å². The summed E-state index contributed by atoms with van der Waals surface area (Å²) in [6, 6.07) is 19.3. The van der Waals surface area contributed by atoms with E-state index in [-0.39, 0.29) is 5.91 Å². The van der Waals surface area contributed by atoms with Crippen molar-refractivity contribution < 1.29 is 18.7 Å². The van der Waals surface area contributed by atoms with Gasteiger partial charge in [-0.1, -0.05) is 24.3 Å². The van der Waals surface area contributed by atoms with Gasteiger partial charge in [0.1, 0.15) is 17.1 Å². The Bertz CT molecular complexity index is 1640. The molecule has 3 aromatic carbocycles. The zero-order valence-corrected chi connectivity index (χ0v) is 21.3. The van der Waals surface area contributed by atoms with Crippen molar-refractivity contribution in [3.05, 3.63) is 90.3 Å². The fraction of sp³-hybridized carbons (Fsp3) is 0.161. The molecule has 0 aliphatic carbocycles. The van der Waals surface area contributed by atoms with E-state index in [9.17, 15) is 4.79 Å². The van der Waals surface area contributed by atoms with Crippen LogP contribution in [0.4, 0.5) is 5.69 Å². The van der Waals surface area contributed by atoms with Gasteiger partial charge in [-0.15, -0.1) is 0 Å². The number of fused-ring (bicyclic) bond motifs is 2. The summed E-state index contributed by atoms with van der Waals surface area (Å²) in [6.45, 7) is 6.32. The minimum absolute atomic E-state index is 0.230. The fourth-order valence-corrected chi connectivity index (χ4v) is 4.67. The first-order valence-electron chi connectivity index (χ1n) is 12.2. The maximum absolute atomic E-state index is 13.1. The van der Waals surface area contributed by atoms with Gasteiger partial charge in [-0.05, 0) is 62.7 Å². The van der Waals surface area contributed by atoms with E-state index in [4.69, 9.17) is 13.9 Å². The predicted octanol–water partition coefficient (Wildman–Crippen LogP) is 7.41. The largest absolute Gasteiger partial charge is 0.496 e. The average molecular weight is 493 g/mol. The van der Waals surface area contributed by atoms with E-state index in [0.717, 1.165) is 55.4 Å². The minimum atomic E-state index is -0.230. The monoisotopic (exact) mass is 492 g/mol. The molecule has 0 spiro atoms. The van der Waals surface area contributed by atoms with Crippen molar-refractivity contribution in [3.8, 4) is 22.6 Å². The molecule has 0 atom stereocenters. The Labute approximate surface area is 215 Å². The Morgan fingerprint density at radius 1 is 1.05 bits per heavy atom. The number of carbonyl (C=O) groups excluding carboxylic acids is 1. The summed E-state index contributed by atoms with van der Waals surface area (Å²) in [4.78, 5) is 17.5. The van der Waals surface area contributed by atoms with Crippen molar-refractivity contribution in [2.45, 2.75) is 20.8 Å². The second kappa shape index (κ2) is 10.2. The number of pyridine rings is 1. The van der Waals surface area contributed by atoms with Gasteiger partial charge >= 0.3 is 0 Å². The topological polar surface area (TPSA) is 73.6 Å². The zero-order chi connectivity index (χ0) is 25.9. The lowest BCUT2D eigenvalue weighted by molar-refractivity contribution is -0.111. The highest BCUT2D eigenvalue weighted by atomic mass is 16.5. The maximum atomic E-state index is 13.1. The predicted molar refractivity (Wildman–Crippen MR) is 148 cm³/mol. The maximum Gasteiger partial charge on any atom is 0.248 e. The lowest BCUT2D eigenvalue weighted by Gasteiger charge is -2.15. The van der Waals surface area contributed by atoms with Gasteiger partial charge in [0.05, 0.1) is 31.2 Å². The highest BCUT2D eigenvalue weighted by Crippen LogP contribution is 2.42. The van der Waals surface area contributed by atoms with E-state index in [1.807, 2.05) is 81.4 Å². The number of hydrogen-bond acceptors (Lipinski definition) is 5. The third kappa shape index (κ3) is 4.54. The highest BCUT2D eigenvalue weighted by molar-refractivity contribution is 6.09. The number of aryl methyl sites for hydroxylation is 1. The molecule has 2 heterocycles. The van der Waals surface area contributed by atoms with Crippen LogP contribution in [0, 0.1) is 6.92 Å². The first kappa shape index (κ1) is 24.1. The Morgan fingerprint density at radius 2 is 1.89 bits per heavy atom. The molecule has 0 saturated heterocycles. The number of methoxy groups -OCH3 is 1. The Balaban J connectivity index is 1.58. The molecule has 2 aromatic heterocycles. The molecule has 5 aromatic rings. The number of para-hydroxylation sites is 1. The van der Waals surface area contributed by atoms with Gasteiger partial charge in [-0.25, -0.2) is 0 Å². The quantitative estimate of drug-likeness (QED) is 0.240. The van der Waals surface area contributed by atoms with Crippen LogP contribution in [0.5, 0.6) is 11.5 Å². The zero-order valence-electron chi connectivity index (χ0n) is 21.3. The Kier molecular flexibility index (Phi) is 6.64. The van der Waals surface area contributed by atoms with E-state index in [2.05, 4.69) is 10.3 Å². The van der Waals surface area contributed by atoms with E-state index in [0.29, 0.717) is 18.0 Å². The van der Waals surface area contributed by atoms with Crippen LogP contribution in [0.3, 0.4) is 0 Å². The first-order chi connectivity index (χ1) is 18.0. The van der Waals surface area contributed by atoms with Crippen LogP contribution in [0.1, 0.15) is 25.0 Å². The molecule has 0 unspecified atom stereocenters. The number of aromatic nitrogens is 1. The third-order valence-electron chi connectivity index (χ3n) is 6.41. The molecule has 5 rings (SSSR count). The molecule has 6 nitrogen and oxygen atoms in total. The fourth-order valence-electron chi connectivity index (χ4n) is 4.67. The number of furan rings is 1. The molecular weight excluding hydrogens is 464 g/mol. The van der Waals surface area contributed by atoms with Crippen molar-refractivity contribution in [3.63, 3.8) is 0 Å². The number of benzene rings is 3. The average Bonchev–Trinajstić information content (AvgIpc) is 3.34. The second-order valence-electron chi connectivity index (χ2n) is 8.73. The summed E-state index contributed by atoms with van der Waals surface area (Å²) < 4.78 is 17.7. The van der Waals surface area contributed by atoms with Crippen molar-refractivity contribution in [1.29, 1.82) is 0 Å². The second-order valence-corrected chi connectivity index (χ2v) is 8.73. The molecule has 6 heteroatoms. The highest BCUT2D eigenvalue weighted by Gasteiger charge is 2.20. The molecule has 0 aliphatic heterocycles. The Hall–Kier alpha value is -4.58. The number of allylic oxidation sites excluding steroid dienone is 1. The normalized spacial score (nSPS) is 11.6. The van der Waals surface area contributed by atoms with Crippen LogP contribution in [0.2, 0.25) is 0 Å². The third-order valence-corrected chi connectivity index (χ3v) is 6.41. The number of rotatable bonds is 7. The number of anilines is 1. The van der Waals surface area contributed by atoms with E-state index < -0.39 is 0 Å². The van der Waals surface area contributed by atoms with Gasteiger partial charge in [0.15, 0.2) is 0 Å². The summed E-state index contributed by atoms with van der Waals surface area (Å²) in [5, 5.41) is 4.82. The number of nitrogens with one attached hydrogen (secondary N) is 1. The summed E-state index contributed by atoms with van der Waals surface area (Å²) in [6.07, 6.45) is 5.08. The van der Waals surface area contributed by atoms with Gasteiger partial charge in [-0.2, -0.15) is 0 Å². The van der Waals surface area contributed by atoms with Gasteiger partial charge in [0.25, 0.3) is 0 Å². The molecule has 37 heavy (non-hydrogen) atoms. The molecular formula is C31H28N2O4. The molecule has 0 aliphatic rings. The van der Waals surface area contributed by atoms with E-state index in [1.54, 1.807) is 25.6 Å². The molecule has 0 bridgehead atoms. The molecule has 0 saturated carbocycles. The van der Waals surface area contributed by atoms with Crippen molar-refractivity contribution in [1.82, 2.24) is 4.98 Å². The van der Waals surface area contributed by atoms with Gasteiger partial charge in [0, 0.05) is 45.3 Å². The molecule has 1 amide bonds. The van der Waals surface area contributed by atoms with Crippen LogP contribution in [-0.4, -0.2) is 24.6 Å². The number of nitrogens with zero attached hydrogens (tertiary/aromatic N) is 1. The van der Waals surface area contributed by atoms with Crippen molar-refractivity contribution in [2.24, 2.45) is 0 Å². The molecule has 186 valence electrons. The van der Waals surface area contributed by atoms with Crippen molar-refractivity contribution in [2.75, 3.05) is 19.0 Å². The molecule has 0 fully saturated rings. The minimum Gasteiger partial charge on any atom is -0.496 e. The molecule has 1 N–H and O–H groups in total. The van der Waals surface area contributed by atoms with Crippen molar-refractivity contribution >= 4 is 39.0 Å². The first-order valence-corrected chi connectivity index (χ1v) is 12.2. The SMILES string of the molecule is CCOc1c(/C(C)=C/C(=O)Nc2cccc3ncccc23)cc2c(-c3ccccc3OC)coc2c1C. The summed E-state index contributed by atoms with van der Waals surface area (Å²) in [5.41, 5.74) is 6.62. The summed E-state index contributed by atoms with van der Waals surface area (Å²) in [7, 11) is 1.66. The lowest BCUT2D eigenvalue weighted by Crippen LogP contribution is -2.09. The van der Waals surface area contributed by atoms with Crippen LogP contribution in [0.15, 0.2) is 83.6 Å². The smallest absolute Gasteiger partial charge is 0.248 e. The van der Waals surface area contributed by atoms with Gasteiger partial charge in [0.2, 0.25) is 5.91 Å². The number of hydrogen-bond donors (Lipinski definition) is 1. The standard InChI is InChI=1S/C31H28N2O4/c1-5-36-30-20(3)31-24(25(18-37-31)21-10-6-7-14-28(21)35-4)17-23(30)19(2)16-29(34)33-27-13-8-12-26-22(27)11-9-15-32-26/h6-18H,5H2,1-4H3,(H,33,34)/b19-16+. The lowest BCUT2D eigenvalue weighted by atomic mass is 9.96. The van der Waals surface area contributed by atoms with E-state index >= 15 is 0 Å². The van der Waals surface area contributed by atoms with Crippen LogP contribution in [-0.2, 0) is 4.79 Å². The molecule has 0 radical (unpaired) electrons. The van der Waals surface area contributed by atoms with Gasteiger partial charge in [-0.3, -0.25) is 9.78 Å². The van der Waals surface area contributed by atoms with Crippen LogP contribution in [0.25, 0.3) is 38.6 Å². The number of carbonyl (C=O) groups is 1. The number of amides is 1. The Morgan fingerprint density at radius 3 is 2.70 bits per heavy atom. The van der Waals surface area contributed by atoms with Gasteiger partial charge < -0.3 is 19.2 Å². The summed E-state index contributed by atoms with van der Waals surface area (Å²) in [5.74, 6) is 1.23. The van der Waals surface area contributed by atoms with E-state index in [1.165, 1.54) is 0 Å². The van der Waals surface area contributed by atoms with Crippen LogP contribution >= 0.6 is 0 Å².